The summed E-state index contributed by atoms with van der Waals surface area (Å²) in [5, 5.41) is 0.496. The van der Waals surface area contributed by atoms with Crippen LogP contribution in [0.1, 0.15) is 24.5 Å². The van der Waals surface area contributed by atoms with E-state index < -0.39 is 11.6 Å². The lowest BCUT2D eigenvalue weighted by Gasteiger charge is -2.09. The first-order chi connectivity index (χ1) is 8.20. The summed E-state index contributed by atoms with van der Waals surface area (Å²) in [5.74, 6) is 3.95. The van der Waals surface area contributed by atoms with Gasteiger partial charge >= 0.3 is 0 Å². The Kier molecular flexibility index (Phi) is 2.22. The summed E-state index contributed by atoms with van der Waals surface area (Å²) < 4.78 is 26.8. The first kappa shape index (κ1) is 10.4. The Bertz CT molecular complexity index is 594. The molecule has 1 aromatic heterocycles. The lowest BCUT2D eigenvalue weighted by molar-refractivity contribution is 0.515. The molecule has 0 radical (unpaired) electrons. The van der Waals surface area contributed by atoms with Crippen LogP contribution in [0.2, 0.25) is 0 Å². The van der Waals surface area contributed by atoms with Crippen molar-refractivity contribution in [3.8, 4) is 0 Å². The van der Waals surface area contributed by atoms with E-state index in [2.05, 4.69) is 10.4 Å². The summed E-state index contributed by atoms with van der Waals surface area (Å²) in [6.45, 7) is 0. The molecule has 1 aliphatic rings. The summed E-state index contributed by atoms with van der Waals surface area (Å²) in [6, 6.07) is 4.36. The van der Waals surface area contributed by atoms with Crippen LogP contribution in [-0.4, -0.2) is 4.98 Å². The van der Waals surface area contributed by atoms with Gasteiger partial charge in [-0.05, 0) is 31.0 Å². The van der Waals surface area contributed by atoms with Gasteiger partial charge in [0.2, 0.25) is 0 Å². The molecule has 0 bridgehead atoms. The van der Waals surface area contributed by atoms with Crippen molar-refractivity contribution in [2.24, 2.45) is 5.84 Å². The molecule has 2 aromatic rings. The minimum atomic E-state index is -0.915. The minimum Gasteiger partial charge on any atom is -0.323 e. The fourth-order valence-corrected chi connectivity index (χ4v) is 1.96. The van der Waals surface area contributed by atoms with Gasteiger partial charge in [0.1, 0.15) is 5.52 Å². The van der Waals surface area contributed by atoms with Gasteiger partial charge in [-0.15, -0.1) is 0 Å². The van der Waals surface area contributed by atoms with Crippen molar-refractivity contribution < 1.29 is 8.78 Å². The molecular weight excluding hydrogens is 224 g/mol. The summed E-state index contributed by atoms with van der Waals surface area (Å²) in [5.41, 5.74) is 3.91. The number of nitrogens with one attached hydrogen (secondary N) is 1. The zero-order valence-electron chi connectivity index (χ0n) is 9.00. The van der Waals surface area contributed by atoms with E-state index in [4.69, 9.17) is 5.84 Å². The molecule has 0 aliphatic heterocycles. The number of rotatable bonds is 2. The maximum Gasteiger partial charge on any atom is 0.185 e. The Hall–Kier alpha value is -1.75. The third kappa shape index (κ3) is 1.63. The SMILES string of the molecule is NNc1cc(C2CC2)nc2c(F)c(F)ccc12. The first-order valence-corrected chi connectivity index (χ1v) is 5.46. The van der Waals surface area contributed by atoms with E-state index in [1.807, 2.05) is 0 Å². The number of nitrogen functional groups attached to an aromatic ring is 1. The molecule has 0 spiro atoms. The van der Waals surface area contributed by atoms with Gasteiger partial charge in [-0.2, -0.15) is 0 Å². The molecule has 0 amide bonds. The number of hydrogen-bond donors (Lipinski definition) is 2. The monoisotopic (exact) mass is 235 g/mol. The fourth-order valence-electron chi connectivity index (χ4n) is 1.96. The third-order valence-electron chi connectivity index (χ3n) is 3.04. The lowest BCUT2D eigenvalue weighted by Crippen LogP contribution is -2.09. The van der Waals surface area contributed by atoms with Crippen molar-refractivity contribution >= 4 is 16.6 Å². The molecule has 1 fully saturated rings. The third-order valence-corrected chi connectivity index (χ3v) is 3.04. The molecule has 5 heteroatoms. The van der Waals surface area contributed by atoms with Crippen LogP contribution in [0.3, 0.4) is 0 Å². The van der Waals surface area contributed by atoms with E-state index >= 15 is 0 Å². The summed E-state index contributed by atoms with van der Waals surface area (Å²) in [7, 11) is 0. The van der Waals surface area contributed by atoms with Gasteiger partial charge in [0, 0.05) is 17.0 Å². The number of halogens is 2. The van der Waals surface area contributed by atoms with Crippen LogP contribution in [0.25, 0.3) is 10.9 Å². The van der Waals surface area contributed by atoms with Crippen molar-refractivity contribution in [3.63, 3.8) is 0 Å². The molecule has 88 valence electrons. The Labute approximate surface area is 96.6 Å². The number of aromatic nitrogens is 1. The molecule has 3 rings (SSSR count). The average Bonchev–Trinajstić information content (AvgIpc) is 3.17. The summed E-state index contributed by atoms with van der Waals surface area (Å²) in [4.78, 5) is 4.20. The van der Waals surface area contributed by atoms with E-state index in [1.165, 1.54) is 6.07 Å². The van der Waals surface area contributed by atoms with E-state index in [9.17, 15) is 8.78 Å². The number of nitrogens with zero attached hydrogens (tertiary/aromatic N) is 1. The van der Waals surface area contributed by atoms with Crippen LogP contribution >= 0.6 is 0 Å². The highest BCUT2D eigenvalue weighted by atomic mass is 19.2. The molecule has 0 saturated heterocycles. The number of nitrogens with two attached hydrogens (primary N) is 1. The van der Waals surface area contributed by atoms with Gasteiger partial charge in [-0.25, -0.2) is 13.8 Å². The number of pyridine rings is 1. The number of benzene rings is 1. The van der Waals surface area contributed by atoms with Gasteiger partial charge in [-0.1, -0.05) is 0 Å². The zero-order chi connectivity index (χ0) is 12.0. The average molecular weight is 235 g/mol. The van der Waals surface area contributed by atoms with Gasteiger partial charge in [0.05, 0.1) is 5.69 Å². The van der Waals surface area contributed by atoms with Gasteiger partial charge in [0.15, 0.2) is 11.6 Å². The van der Waals surface area contributed by atoms with Crippen LogP contribution in [-0.2, 0) is 0 Å². The number of hydrogen-bond acceptors (Lipinski definition) is 3. The Morgan fingerprint density at radius 2 is 2.06 bits per heavy atom. The molecule has 3 N–H and O–H groups in total. The minimum absolute atomic E-state index is 0.0438. The van der Waals surface area contributed by atoms with Gasteiger partial charge in [0.25, 0.3) is 0 Å². The zero-order valence-corrected chi connectivity index (χ0v) is 9.00. The van der Waals surface area contributed by atoms with E-state index in [1.54, 1.807) is 6.07 Å². The van der Waals surface area contributed by atoms with Crippen molar-refractivity contribution in [1.82, 2.24) is 4.98 Å². The largest absolute Gasteiger partial charge is 0.323 e. The maximum absolute atomic E-state index is 13.7. The molecule has 1 aliphatic carbocycles. The summed E-state index contributed by atoms with van der Waals surface area (Å²) >= 11 is 0. The lowest BCUT2D eigenvalue weighted by atomic mass is 10.1. The number of hydrazine groups is 1. The molecular formula is C12H11F2N3. The van der Waals surface area contributed by atoms with Crippen LogP contribution in [0.5, 0.6) is 0 Å². The second kappa shape index (κ2) is 3.63. The number of fused-ring (bicyclic) bond motifs is 1. The van der Waals surface area contributed by atoms with Crippen LogP contribution in [0, 0.1) is 11.6 Å². The highest BCUT2D eigenvalue weighted by Gasteiger charge is 2.26. The molecule has 17 heavy (non-hydrogen) atoms. The standard InChI is InChI=1S/C12H11F2N3/c13-8-4-3-7-10(17-15)5-9(6-1-2-6)16-12(7)11(8)14/h3-6H,1-2,15H2,(H,16,17). The maximum atomic E-state index is 13.7. The quantitative estimate of drug-likeness (QED) is 0.621. The molecule has 0 unspecified atom stereocenters. The fraction of sp³-hybridized carbons (Fsp3) is 0.250. The second-order valence-corrected chi connectivity index (χ2v) is 4.27. The predicted molar refractivity (Wildman–Crippen MR) is 61.4 cm³/mol. The molecule has 3 nitrogen and oxygen atoms in total. The van der Waals surface area contributed by atoms with Crippen molar-refractivity contribution in [1.29, 1.82) is 0 Å². The molecule has 1 aromatic carbocycles. The van der Waals surface area contributed by atoms with E-state index in [0.717, 1.165) is 24.6 Å². The highest BCUT2D eigenvalue weighted by molar-refractivity contribution is 5.91. The molecule has 1 saturated carbocycles. The van der Waals surface area contributed by atoms with Crippen LogP contribution < -0.4 is 11.3 Å². The predicted octanol–water partition coefficient (Wildman–Crippen LogP) is 2.68. The van der Waals surface area contributed by atoms with Crippen molar-refractivity contribution in [2.45, 2.75) is 18.8 Å². The molecule has 0 atom stereocenters. The van der Waals surface area contributed by atoms with E-state index in [-0.39, 0.29) is 5.52 Å². The smallest absolute Gasteiger partial charge is 0.185 e. The van der Waals surface area contributed by atoms with Crippen LogP contribution in [0.4, 0.5) is 14.5 Å². The van der Waals surface area contributed by atoms with Crippen molar-refractivity contribution in [3.05, 3.63) is 35.5 Å². The Balaban J connectivity index is 2.32. The van der Waals surface area contributed by atoms with Gasteiger partial charge in [-0.3, -0.25) is 5.84 Å². The van der Waals surface area contributed by atoms with Gasteiger partial charge < -0.3 is 5.43 Å². The molecule has 1 heterocycles. The topological polar surface area (TPSA) is 50.9 Å². The highest BCUT2D eigenvalue weighted by Crippen LogP contribution is 2.41. The number of anilines is 1. The Morgan fingerprint density at radius 1 is 1.29 bits per heavy atom. The van der Waals surface area contributed by atoms with Crippen molar-refractivity contribution in [2.75, 3.05) is 5.43 Å². The second-order valence-electron chi connectivity index (χ2n) is 4.27. The normalized spacial score (nSPS) is 15.2. The van der Waals surface area contributed by atoms with Crippen LogP contribution in [0.15, 0.2) is 18.2 Å². The Morgan fingerprint density at radius 3 is 2.71 bits per heavy atom. The first-order valence-electron chi connectivity index (χ1n) is 5.46. The summed E-state index contributed by atoms with van der Waals surface area (Å²) in [6.07, 6.45) is 2.08. The van der Waals surface area contributed by atoms with E-state index in [0.29, 0.717) is 17.0 Å².